The fraction of sp³-hybridized carbons (Fsp3) is 0.200. The molecule has 0 atom stereocenters. The first-order valence-corrected chi connectivity index (χ1v) is 8.65. The molecule has 0 bridgehead atoms. The minimum absolute atomic E-state index is 0. The van der Waals surface area contributed by atoms with Crippen LogP contribution >= 0.6 is 0 Å². The van der Waals surface area contributed by atoms with Crippen molar-refractivity contribution in [3.05, 3.63) is 23.3 Å². The normalized spacial score (nSPS) is 15.3. The summed E-state index contributed by atoms with van der Waals surface area (Å²) in [6, 6.07) is 0.183. The van der Waals surface area contributed by atoms with Crippen LogP contribution in [0.3, 0.4) is 0 Å². The third-order valence-electron chi connectivity index (χ3n) is 2.99. The molecule has 0 unspecified atom stereocenters. The number of carbonyl (C=O) groups excluding carboxylic acids is 2. The van der Waals surface area contributed by atoms with Crippen molar-refractivity contribution < 1.29 is 52.8 Å². The van der Waals surface area contributed by atoms with Gasteiger partial charge in [-0.1, -0.05) is 0 Å². The van der Waals surface area contributed by atoms with Crippen molar-refractivity contribution in [1.82, 2.24) is 5.32 Å². The molecule has 0 saturated heterocycles. The fourth-order valence-electron chi connectivity index (χ4n) is 1.93. The molecule has 1 aliphatic heterocycles. The van der Waals surface area contributed by atoms with Crippen molar-refractivity contribution in [2.24, 2.45) is 0 Å². The molecule has 0 aliphatic carbocycles. The summed E-state index contributed by atoms with van der Waals surface area (Å²) in [6.45, 7) is 0. The van der Waals surface area contributed by atoms with Gasteiger partial charge in [-0.2, -0.15) is 26.3 Å². The average Bonchev–Trinajstić information content (AvgIpc) is 2.70. The second kappa shape index (κ2) is 6.82. The molecule has 1 N–H and O–H groups in total. The summed E-state index contributed by atoms with van der Waals surface area (Å²) < 4.78 is 123. The average molecular weight is 450 g/mol. The van der Waals surface area contributed by atoms with Gasteiger partial charge in [0.1, 0.15) is 4.90 Å². The molecule has 1 aromatic carbocycles. The smallest absolute Gasteiger partial charge is 0.288 e. The van der Waals surface area contributed by atoms with Crippen LogP contribution in [0.5, 0.6) is 0 Å². The molecule has 26 heavy (non-hydrogen) atoms. The van der Waals surface area contributed by atoms with Gasteiger partial charge in [-0.3, -0.25) is 14.9 Å². The van der Waals surface area contributed by atoms with Crippen LogP contribution in [-0.4, -0.2) is 91.1 Å². The quantitative estimate of drug-likeness (QED) is 0.405. The number of fused-ring (bicyclic) bond motifs is 1. The van der Waals surface area contributed by atoms with Gasteiger partial charge in [-0.25, -0.2) is 16.8 Å². The minimum Gasteiger partial charge on any atom is -0.288 e. The number of rotatable bonds is 2. The third kappa shape index (κ3) is 3.47. The van der Waals surface area contributed by atoms with Crippen molar-refractivity contribution in [2.75, 3.05) is 0 Å². The maximum atomic E-state index is 12.8. The largest absolute Gasteiger partial charge is 0.501 e. The molecular formula is C10H3F6KNO6S2. The summed E-state index contributed by atoms with van der Waals surface area (Å²) in [5.74, 6) is -3.17. The fourth-order valence-corrected chi connectivity index (χ4v) is 4.47. The van der Waals surface area contributed by atoms with E-state index < -0.39 is 63.4 Å². The Labute approximate surface area is 183 Å². The van der Waals surface area contributed by atoms with Gasteiger partial charge in [0, 0.05) is 51.4 Å². The first-order valence-electron chi connectivity index (χ1n) is 5.69. The van der Waals surface area contributed by atoms with E-state index in [1.807, 2.05) is 0 Å². The van der Waals surface area contributed by atoms with E-state index in [9.17, 15) is 52.8 Å². The number of alkyl halides is 6. The van der Waals surface area contributed by atoms with Crippen molar-refractivity contribution >= 4 is 82.9 Å². The van der Waals surface area contributed by atoms with Gasteiger partial charge < -0.3 is 0 Å². The van der Waals surface area contributed by atoms with E-state index in [0.717, 1.165) is 0 Å². The predicted molar refractivity (Wildman–Crippen MR) is 70.5 cm³/mol. The van der Waals surface area contributed by atoms with Crippen molar-refractivity contribution in [1.29, 1.82) is 0 Å². The number of imide groups is 1. The van der Waals surface area contributed by atoms with Crippen LogP contribution in [0.2, 0.25) is 0 Å². The standard InChI is InChI=1S/C10H3F6NO6S2.K/c11-9(12,13)24(20,21)4-2-1-3-5(8(19)17-7(3)18)6(4)25(22,23)10(14,15)16;/h1-2H,(H,17,18,19);. The van der Waals surface area contributed by atoms with E-state index in [4.69, 9.17) is 0 Å². The molecule has 0 fully saturated rings. The van der Waals surface area contributed by atoms with Gasteiger partial charge in [0.25, 0.3) is 31.5 Å². The van der Waals surface area contributed by atoms with E-state index in [2.05, 4.69) is 0 Å². The molecule has 1 aromatic rings. The molecule has 0 saturated carbocycles. The van der Waals surface area contributed by atoms with Crippen molar-refractivity contribution in [3.8, 4) is 0 Å². The number of amides is 2. The number of nitrogens with one attached hydrogen (secondary N) is 1. The van der Waals surface area contributed by atoms with Gasteiger partial charge in [0.05, 0.1) is 16.0 Å². The van der Waals surface area contributed by atoms with E-state index in [1.54, 1.807) is 0 Å². The Balaban J connectivity index is 0.00000338. The SMILES string of the molecule is O=C1NC(=O)c2c1ccc(S(=O)(=O)C(F)(F)F)c2S(=O)(=O)C(F)(F)F.[K]. The third-order valence-corrected chi connectivity index (χ3v) is 6.22. The van der Waals surface area contributed by atoms with Crippen LogP contribution in [0.15, 0.2) is 21.9 Å². The summed E-state index contributed by atoms with van der Waals surface area (Å²) in [7, 11) is -13.3. The molecule has 2 rings (SSSR count). The molecule has 139 valence electrons. The first kappa shape index (κ1) is 23.5. The maximum absolute atomic E-state index is 12.8. The van der Waals surface area contributed by atoms with Gasteiger partial charge in [0.2, 0.25) is 0 Å². The van der Waals surface area contributed by atoms with Gasteiger partial charge in [-0.15, -0.1) is 0 Å². The van der Waals surface area contributed by atoms with Crippen LogP contribution in [0.25, 0.3) is 0 Å². The molecule has 7 nitrogen and oxygen atoms in total. The maximum Gasteiger partial charge on any atom is 0.501 e. The van der Waals surface area contributed by atoms with Crippen LogP contribution in [0, 0.1) is 0 Å². The Morgan fingerprint density at radius 3 is 1.65 bits per heavy atom. The Kier molecular flexibility index (Phi) is 6.17. The number of halogens is 6. The Morgan fingerprint density at radius 1 is 0.769 bits per heavy atom. The second-order valence-corrected chi connectivity index (χ2v) is 8.28. The summed E-state index contributed by atoms with van der Waals surface area (Å²) >= 11 is 0. The number of hydrogen-bond acceptors (Lipinski definition) is 6. The number of carbonyl (C=O) groups is 2. The zero-order valence-corrected chi connectivity index (χ0v) is 16.9. The monoisotopic (exact) mass is 450 g/mol. The van der Waals surface area contributed by atoms with Crippen molar-refractivity contribution in [3.63, 3.8) is 0 Å². The molecule has 16 heteroatoms. The Morgan fingerprint density at radius 2 is 1.23 bits per heavy atom. The van der Waals surface area contributed by atoms with Crippen LogP contribution in [0.1, 0.15) is 20.7 Å². The molecule has 0 aromatic heterocycles. The van der Waals surface area contributed by atoms with E-state index >= 15 is 0 Å². The predicted octanol–water partition coefficient (Wildman–Crippen LogP) is 0.776. The van der Waals surface area contributed by atoms with Gasteiger partial charge in [0.15, 0.2) is 0 Å². The molecule has 0 spiro atoms. The van der Waals surface area contributed by atoms with Gasteiger partial charge in [-0.05, 0) is 12.1 Å². The van der Waals surface area contributed by atoms with Crippen LogP contribution < -0.4 is 5.32 Å². The molecule has 1 heterocycles. The molecule has 2 amide bonds. The topological polar surface area (TPSA) is 114 Å². The zero-order chi connectivity index (χ0) is 19.6. The first-order chi connectivity index (χ1) is 11.0. The van der Waals surface area contributed by atoms with E-state index in [1.165, 1.54) is 5.32 Å². The molecule has 1 aliphatic rings. The summed E-state index contributed by atoms with van der Waals surface area (Å²) in [4.78, 5) is 18.2. The van der Waals surface area contributed by atoms with Crippen LogP contribution in [-0.2, 0) is 19.7 Å². The van der Waals surface area contributed by atoms with E-state index in [-0.39, 0.29) is 57.5 Å². The number of hydrogen-bond donors (Lipinski definition) is 1. The second-order valence-electron chi connectivity index (χ2n) is 4.50. The summed E-state index contributed by atoms with van der Waals surface area (Å²) in [6.07, 6.45) is 0. The summed E-state index contributed by atoms with van der Waals surface area (Å²) in [5.41, 5.74) is -15.0. The zero-order valence-electron chi connectivity index (χ0n) is 12.2. The van der Waals surface area contributed by atoms with E-state index in [0.29, 0.717) is 6.07 Å². The molecular weight excluding hydrogens is 447 g/mol. The van der Waals surface area contributed by atoms with Gasteiger partial charge >= 0.3 is 11.0 Å². The molecule has 1 radical (unpaired) electrons. The Bertz CT molecular complexity index is 1010. The minimum atomic E-state index is -6.72. The van der Waals surface area contributed by atoms with Crippen molar-refractivity contribution in [2.45, 2.75) is 20.8 Å². The Hall–Kier alpha value is -0.524. The number of benzene rings is 1. The van der Waals surface area contributed by atoms with Crippen LogP contribution in [0.4, 0.5) is 26.3 Å². The summed E-state index contributed by atoms with van der Waals surface area (Å²) in [5, 5.41) is 1.38. The number of sulfone groups is 2.